The summed E-state index contributed by atoms with van der Waals surface area (Å²) in [6, 6.07) is 2.15. The molecule has 18 heavy (non-hydrogen) atoms. The lowest BCUT2D eigenvalue weighted by molar-refractivity contribution is -0.120. The van der Waals surface area contributed by atoms with Crippen LogP contribution in [-0.4, -0.2) is 27.2 Å². The maximum atomic E-state index is 11.9. The molecule has 96 valence electrons. The number of hydrogen-bond donors (Lipinski definition) is 1. The highest BCUT2D eigenvalue weighted by atomic mass is 32.2. The second kappa shape index (κ2) is 5.67. The Morgan fingerprint density at radius 3 is 2.89 bits per heavy atom. The van der Waals surface area contributed by atoms with Gasteiger partial charge in [-0.3, -0.25) is 4.79 Å². The first kappa shape index (κ1) is 13.3. The molecule has 2 aromatic heterocycles. The molecule has 1 N–H and O–H groups in total. The van der Waals surface area contributed by atoms with Gasteiger partial charge in [0.2, 0.25) is 5.91 Å². The van der Waals surface area contributed by atoms with E-state index in [1.54, 1.807) is 17.7 Å². The molecule has 1 atom stereocenters. The maximum Gasteiger partial charge on any atom is 0.233 e. The molecule has 2 heterocycles. The van der Waals surface area contributed by atoms with Gasteiger partial charge in [0.05, 0.1) is 5.25 Å². The van der Waals surface area contributed by atoms with E-state index in [0.717, 1.165) is 15.2 Å². The molecule has 0 aliphatic carbocycles. The minimum Gasteiger partial charge on any atom is -0.353 e. The van der Waals surface area contributed by atoms with Crippen molar-refractivity contribution in [1.82, 2.24) is 15.3 Å². The van der Waals surface area contributed by atoms with Crippen LogP contribution in [-0.2, 0) is 4.79 Å². The molecule has 6 heteroatoms. The highest BCUT2D eigenvalue weighted by Gasteiger charge is 2.17. The number of nitrogens with one attached hydrogen (secondary N) is 1. The normalized spacial score (nSPS) is 12.9. The monoisotopic (exact) mass is 281 g/mol. The Hall–Kier alpha value is -1.14. The van der Waals surface area contributed by atoms with Crippen LogP contribution in [0.1, 0.15) is 20.8 Å². The van der Waals surface area contributed by atoms with Gasteiger partial charge in [-0.25, -0.2) is 9.97 Å². The predicted molar refractivity (Wildman–Crippen MR) is 76.0 cm³/mol. The van der Waals surface area contributed by atoms with Crippen LogP contribution in [0.3, 0.4) is 0 Å². The van der Waals surface area contributed by atoms with Crippen LogP contribution in [0, 0.1) is 0 Å². The zero-order valence-corrected chi connectivity index (χ0v) is 12.1. The Kier molecular flexibility index (Phi) is 4.19. The quantitative estimate of drug-likeness (QED) is 0.691. The Labute approximate surface area is 114 Å². The largest absolute Gasteiger partial charge is 0.353 e. The van der Waals surface area contributed by atoms with Gasteiger partial charge in [0.15, 0.2) is 0 Å². The zero-order valence-electron chi connectivity index (χ0n) is 10.5. The van der Waals surface area contributed by atoms with Gasteiger partial charge in [-0.15, -0.1) is 11.3 Å². The van der Waals surface area contributed by atoms with E-state index in [9.17, 15) is 4.79 Å². The Balaban J connectivity index is 2.13. The van der Waals surface area contributed by atoms with E-state index in [2.05, 4.69) is 15.3 Å². The molecular formula is C12H15N3OS2. The molecule has 0 radical (unpaired) electrons. The van der Waals surface area contributed by atoms with Crippen LogP contribution in [0.15, 0.2) is 22.8 Å². The number of thiophene rings is 1. The van der Waals surface area contributed by atoms with Crippen molar-refractivity contribution in [3.05, 3.63) is 17.8 Å². The summed E-state index contributed by atoms with van der Waals surface area (Å²) in [5.41, 5.74) is 0. The van der Waals surface area contributed by atoms with Gasteiger partial charge in [-0.05, 0) is 32.2 Å². The van der Waals surface area contributed by atoms with E-state index >= 15 is 0 Å². The summed E-state index contributed by atoms with van der Waals surface area (Å²) in [5.74, 6) is 0.0389. The lowest BCUT2D eigenvalue weighted by Gasteiger charge is -2.13. The molecule has 0 aliphatic heterocycles. The topological polar surface area (TPSA) is 54.9 Å². The Bertz CT molecular complexity index is 553. The van der Waals surface area contributed by atoms with E-state index < -0.39 is 0 Å². The fourth-order valence-corrected chi connectivity index (χ4v) is 3.19. The number of hydrogen-bond acceptors (Lipinski definition) is 5. The van der Waals surface area contributed by atoms with Crippen LogP contribution >= 0.6 is 23.1 Å². The molecule has 0 aliphatic rings. The second-order valence-electron chi connectivity index (χ2n) is 4.24. The summed E-state index contributed by atoms with van der Waals surface area (Å²) in [6.07, 6.45) is 1.55. The van der Waals surface area contributed by atoms with Crippen molar-refractivity contribution in [2.24, 2.45) is 0 Å². The number of nitrogens with zero attached hydrogens (tertiary/aromatic N) is 2. The second-order valence-corrected chi connectivity index (χ2v) is 6.47. The molecule has 0 unspecified atom stereocenters. The van der Waals surface area contributed by atoms with E-state index in [1.165, 1.54) is 11.8 Å². The molecule has 4 nitrogen and oxygen atoms in total. The smallest absolute Gasteiger partial charge is 0.233 e. The first-order chi connectivity index (χ1) is 8.58. The molecule has 1 amide bonds. The summed E-state index contributed by atoms with van der Waals surface area (Å²) in [6.45, 7) is 5.80. The lowest BCUT2D eigenvalue weighted by atomic mass is 10.3. The molecule has 2 aromatic rings. The van der Waals surface area contributed by atoms with Gasteiger partial charge in [0.1, 0.15) is 16.2 Å². The predicted octanol–water partition coefficient (Wildman–Crippen LogP) is 2.70. The summed E-state index contributed by atoms with van der Waals surface area (Å²) >= 11 is 3.05. The van der Waals surface area contributed by atoms with E-state index in [0.29, 0.717) is 0 Å². The van der Waals surface area contributed by atoms with Crippen LogP contribution in [0.5, 0.6) is 0 Å². The molecular weight excluding hydrogens is 266 g/mol. The van der Waals surface area contributed by atoms with Crippen LogP contribution in [0.25, 0.3) is 10.2 Å². The third-order valence-electron chi connectivity index (χ3n) is 2.31. The van der Waals surface area contributed by atoms with Gasteiger partial charge in [0.25, 0.3) is 0 Å². The average molecular weight is 281 g/mol. The number of carbonyl (C=O) groups is 1. The molecule has 0 aromatic carbocycles. The van der Waals surface area contributed by atoms with Gasteiger partial charge < -0.3 is 5.32 Å². The van der Waals surface area contributed by atoms with Gasteiger partial charge in [-0.2, -0.15) is 0 Å². The van der Waals surface area contributed by atoms with Crippen molar-refractivity contribution in [3.8, 4) is 0 Å². The van der Waals surface area contributed by atoms with Crippen molar-refractivity contribution < 1.29 is 4.79 Å². The van der Waals surface area contributed by atoms with E-state index in [-0.39, 0.29) is 17.2 Å². The highest BCUT2D eigenvalue weighted by Crippen LogP contribution is 2.30. The average Bonchev–Trinajstić information content (AvgIpc) is 2.77. The molecule has 0 spiro atoms. The fraction of sp³-hybridized carbons (Fsp3) is 0.417. The number of thioether (sulfide) groups is 1. The summed E-state index contributed by atoms with van der Waals surface area (Å²) in [5, 5.41) is 6.62. The Morgan fingerprint density at radius 1 is 1.39 bits per heavy atom. The SMILES string of the molecule is CC(C)NC(=O)[C@H](C)Sc1ncnc2sccc12. The minimum absolute atomic E-state index is 0.0389. The van der Waals surface area contributed by atoms with Crippen molar-refractivity contribution in [3.63, 3.8) is 0 Å². The zero-order chi connectivity index (χ0) is 13.1. The summed E-state index contributed by atoms with van der Waals surface area (Å²) in [4.78, 5) is 21.3. The van der Waals surface area contributed by atoms with Gasteiger partial charge in [-0.1, -0.05) is 11.8 Å². The number of carbonyl (C=O) groups excluding carboxylic acids is 1. The first-order valence-electron chi connectivity index (χ1n) is 5.73. The fourth-order valence-electron chi connectivity index (χ4n) is 1.48. The third-order valence-corrected chi connectivity index (χ3v) is 4.25. The molecule has 0 saturated heterocycles. The number of rotatable bonds is 4. The highest BCUT2D eigenvalue weighted by molar-refractivity contribution is 8.00. The summed E-state index contributed by atoms with van der Waals surface area (Å²) < 4.78 is 0. The van der Waals surface area contributed by atoms with Gasteiger partial charge >= 0.3 is 0 Å². The first-order valence-corrected chi connectivity index (χ1v) is 7.49. The number of aromatic nitrogens is 2. The van der Waals surface area contributed by atoms with Crippen molar-refractivity contribution in [2.75, 3.05) is 0 Å². The third kappa shape index (κ3) is 3.00. The molecule has 2 rings (SSSR count). The lowest BCUT2D eigenvalue weighted by Crippen LogP contribution is -2.35. The standard InChI is InChI=1S/C12H15N3OS2/c1-7(2)15-10(16)8(3)18-12-9-4-5-17-11(9)13-6-14-12/h4-8H,1-3H3,(H,15,16)/t8-/m0/s1. The van der Waals surface area contributed by atoms with Crippen LogP contribution in [0.2, 0.25) is 0 Å². The van der Waals surface area contributed by atoms with E-state index in [4.69, 9.17) is 0 Å². The summed E-state index contributed by atoms with van der Waals surface area (Å²) in [7, 11) is 0. The number of amides is 1. The minimum atomic E-state index is -0.162. The van der Waals surface area contributed by atoms with E-state index in [1.807, 2.05) is 32.2 Å². The number of fused-ring (bicyclic) bond motifs is 1. The van der Waals surface area contributed by atoms with Gasteiger partial charge in [0, 0.05) is 11.4 Å². The van der Waals surface area contributed by atoms with Crippen molar-refractivity contribution in [2.45, 2.75) is 37.1 Å². The maximum absolute atomic E-state index is 11.9. The molecule has 0 fully saturated rings. The van der Waals surface area contributed by atoms with Crippen molar-refractivity contribution >= 4 is 39.2 Å². The molecule has 0 bridgehead atoms. The van der Waals surface area contributed by atoms with Crippen molar-refractivity contribution in [1.29, 1.82) is 0 Å². The van der Waals surface area contributed by atoms with Crippen LogP contribution in [0.4, 0.5) is 0 Å². The molecule has 0 saturated carbocycles. The Morgan fingerprint density at radius 2 is 2.17 bits per heavy atom. The van der Waals surface area contributed by atoms with Crippen LogP contribution < -0.4 is 5.32 Å².